The number of halogens is 1. The summed E-state index contributed by atoms with van der Waals surface area (Å²) in [6.07, 6.45) is 5.74. The van der Waals surface area contributed by atoms with Gasteiger partial charge >= 0.3 is 0 Å². The molecule has 5 nitrogen and oxygen atoms in total. The van der Waals surface area contributed by atoms with Crippen molar-refractivity contribution in [3.05, 3.63) is 40.5 Å². The number of phenols is 1. The molecule has 118 valence electrons. The third-order valence-corrected chi connectivity index (χ3v) is 4.53. The molecule has 1 aliphatic heterocycles. The lowest BCUT2D eigenvalue weighted by Crippen LogP contribution is -2.05. The predicted octanol–water partition coefficient (Wildman–Crippen LogP) is 2.64. The van der Waals surface area contributed by atoms with Crippen molar-refractivity contribution in [1.29, 1.82) is 0 Å². The van der Waals surface area contributed by atoms with Crippen molar-refractivity contribution < 1.29 is 14.3 Å². The van der Waals surface area contributed by atoms with Crippen LogP contribution < -0.4 is 5.32 Å². The highest BCUT2D eigenvalue weighted by molar-refractivity contribution is 6.35. The lowest BCUT2D eigenvalue weighted by atomic mass is 9.94. The molecule has 2 aromatic rings. The van der Waals surface area contributed by atoms with Gasteiger partial charge in [0.05, 0.1) is 28.2 Å². The highest BCUT2D eigenvalue weighted by Crippen LogP contribution is 2.39. The van der Waals surface area contributed by atoms with Gasteiger partial charge in [-0.2, -0.15) is 5.10 Å². The molecule has 0 atom stereocenters. The zero-order chi connectivity index (χ0) is 16.1. The molecule has 0 saturated carbocycles. The van der Waals surface area contributed by atoms with Crippen molar-refractivity contribution >= 4 is 23.2 Å². The molecular formula is C17H16FN3O2. The smallest absolute Gasteiger partial charge is 0.256 e. The van der Waals surface area contributed by atoms with E-state index in [0.717, 1.165) is 42.6 Å². The molecule has 6 heteroatoms. The quantitative estimate of drug-likeness (QED) is 0.628. The van der Waals surface area contributed by atoms with E-state index in [0.29, 0.717) is 5.69 Å². The average Bonchev–Trinajstić information content (AvgIpc) is 3.02. The summed E-state index contributed by atoms with van der Waals surface area (Å²) in [5, 5.41) is 16.8. The number of nitrogens with zero attached hydrogens (tertiary/aromatic N) is 2. The van der Waals surface area contributed by atoms with E-state index in [1.807, 2.05) is 7.05 Å². The summed E-state index contributed by atoms with van der Waals surface area (Å²) in [7, 11) is 1.83. The first-order valence-electron chi connectivity index (χ1n) is 7.66. The molecule has 0 fully saturated rings. The maximum absolute atomic E-state index is 14.3. The summed E-state index contributed by atoms with van der Waals surface area (Å²) >= 11 is 0. The Hall–Kier alpha value is -2.63. The number of benzene rings is 1. The summed E-state index contributed by atoms with van der Waals surface area (Å²) in [5.41, 5.74) is 3.76. The molecule has 0 saturated heterocycles. The number of hydrogen-bond acceptors (Lipinski definition) is 3. The number of hydrogen-bond donors (Lipinski definition) is 2. The zero-order valence-electron chi connectivity index (χ0n) is 12.7. The highest BCUT2D eigenvalue weighted by Gasteiger charge is 2.30. The van der Waals surface area contributed by atoms with Gasteiger partial charge < -0.3 is 10.4 Å². The van der Waals surface area contributed by atoms with Crippen molar-refractivity contribution in [2.24, 2.45) is 7.05 Å². The second kappa shape index (κ2) is 4.94. The number of amides is 1. The second-order valence-corrected chi connectivity index (χ2v) is 5.97. The van der Waals surface area contributed by atoms with E-state index in [4.69, 9.17) is 0 Å². The van der Waals surface area contributed by atoms with E-state index < -0.39 is 11.6 Å². The summed E-state index contributed by atoms with van der Waals surface area (Å²) < 4.78 is 16.0. The number of aromatic hydroxyl groups is 1. The summed E-state index contributed by atoms with van der Waals surface area (Å²) in [6, 6.07) is 2.74. The highest BCUT2D eigenvalue weighted by atomic mass is 19.1. The number of anilines is 1. The first-order chi connectivity index (χ1) is 11.1. The number of carbonyl (C=O) groups excluding carboxylic acids is 1. The van der Waals surface area contributed by atoms with Crippen LogP contribution in [0.3, 0.4) is 0 Å². The van der Waals surface area contributed by atoms with E-state index in [1.165, 1.54) is 12.1 Å². The van der Waals surface area contributed by atoms with Crippen LogP contribution in [0.2, 0.25) is 0 Å². The van der Waals surface area contributed by atoms with Crippen LogP contribution >= 0.6 is 0 Å². The minimum absolute atomic E-state index is 0.126. The van der Waals surface area contributed by atoms with Crippen molar-refractivity contribution in [2.75, 3.05) is 5.32 Å². The van der Waals surface area contributed by atoms with Crippen molar-refractivity contribution in [1.82, 2.24) is 9.78 Å². The average molecular weight is 313 g/mol. The largest absolute Gasteiger partial charge is 0.505 e. The normalized spacial score (nSPS) is 18.0. The predicted molar refractivity (Wildman–Crippen MR) is 84.4 cm³/mol. The Balaban J connectivity index is 1.90. The van der Waals surface area contributed by atoms with E-state index >= 15 is 0 Å². The Bertz CT molecular complexity index is 867. The Morgan fingerprint density at radius 3 is 2.96 bits per heavy atom. The maximum Gasteiger partial charge on any atom is 0.256 e. The van der Waals surface area contributed by atoms with Crippen LogP contribution in [0.1, 0.15) is 35.4 Å². The molecule has 1 aromatic carbocycles. The molecule has 1 aromatic heterocycles. The Labute approximate surface area is 132 Å². The minimum atomic E-state index is -0.775. The Morgan fingerprint density at radius 2 is 2.13 bits per heavy atom. The summed E-state index contributed by atoms with van der Waals surface area (Å²) in [6.45, 7) is 0. The van der Waals surface area contributed by atoms with Gasteiger partial charge in [-0.05, 0) is 43.9 Å². The van der Waals surface area contributed by atoms with Gasteiger partial charge in [-0.25, -0.2) is 4.39 Å². The SMILES string of the molecule is Cn1nc2c(c1/C=C1\C(=O)Nc3ccc(O)c(F)c31)CCCC2. The van der Waals surface area contributed by atoms with E-state index in [1.54, 1.807) is 10.8 Å². The minimum Gasteiger partial charge on any atom is -0.505 e. The Morgan fingerprint density at radius 1 is 1.35 bits per heavy atom. The van der Waals surface area contributed by atoms with Crippen LogP contribution in [-0.2, 0) is 24.7 Å². The van der Waals surface area contributed by atoms with Crippen molar-refractivity contribution in [3.63, 3.8) is 0 Å². The monoisotopic (exact) mass is 313 g/mol. The molecule has 0 unspecified atom stereocenters. The molecule has 4 rings (SSSR count). The van der Waals surface area contributed by atoms with Gasteiger partial charge in [0.15, 0.2) is 11.6 Å². The van der Waals surface area contributed by atoms with Crippen LogP contribution in [0.15, 0.2) is 12.1 Å². The molecule has 1 aliphatic carbocycles. The lowest BCUT2D eigenvalue weighted by Gasteiger charge is -2.10. The first kappa shape index (κ1) is 14.0. The molecule has 0 radical (unpaired) electrons. The van der Waals surface area contributed by atoms with Crippen LogP contribution in [0.5, 0.6) is 5.75 Å². The van der Waals surface area contributed by atoms with Crippen molar-refractivity contribution in [2.45, 2.75) is 25.7 Å². The third kappa shape index (κ3) is 2.05. The van der Waals surface area contributed by atoms with Gasteiger partial charge in [-0.15, -0.1) is 0 Å². The maximum atomic E-state index is 14.3. The van der Waals surface area contributed by atoms with Gasteiger partial charge in [0.2, 0.25) is 0 Å². The van der Waals surface area contributed by atoms with Crippen LogP contribution in [0.25, 0.3) is 11.6 Å². The number of carbonyl (C=O) groups is 1. The van der Waals surface area contributed by atoms with E-state index in [-0.39, 0.29) is 17.0 Å². The fraction of sp³-hybridized carbons (Fsp3) is 0.294. The number of fused-ring (bicyclic) bond motifs is 2. The van der Waals surface area contributed by atoms with Crippen LogP contribution in [-0.4, -0.2) is 20.8 Å². The van der Waals surface area contributed by atoms with Crippen LogP contribution in [0.4, 0.5) is 10.1 Å². The third-order valence-electron chi connectivity index (χ3n) is 4.53. The number of nitrogens with one attached hydrogen (secondary N) is 1. The van der Waals surface area contributed by atoms with Gasteiger partial charge in [0, 0.05) is 12.6 Å². The topological polar surface area (TPSA) is 67.2 Å². The number of aromatic nitrogens is 2. The number of rotatable bonds is 1. The van der Waals surface area contributed by atoms with Crippen LogP contribution in [0, 0.1) is 5.82 Å². The molecule has 2 heterocycles. The van der Waals surface area contributed by atoms with E-state index in [2.05, 4.69) is 10.4 Å². The fourth-order valence-corrected chi connectivity index (χ4v) is 3.40. The molecule has 1 amide bonds. The number of phenolic OH excluding ortho intramolecular Hbond substituents is 1. The van der Waals surface area contributed by atoms with E-state index in [9.17, 15) is 14.3 Å². The standard InChI is InChI=1S/C17H16FN3O2/c1-21-13(9-4-2-3-5-11(9)20-21)8-10-15-12(19-17(10)23)6-7-14(22)16(15)18/h6-8,22H,2-5H2,1H3,(H,19,23)/b10-8-. The number of aryl methyl sites for hydroxylation is 2. The van der Waals surface area contributed by atoms with Gasteiger partial charge in [0.25, 0.3) is 5.91 Å². The Kier molecular flexibility index (Phi) is 3.01. The second-order valence-electron chi connectivity index (χ2n) is 5.97. The van der Waals surface area contributed by atoms with Gasteiger partial charge in [0.1, 0.15) is 0 Å². The molecular weight excluding hydrogens is 297 g/mol. The molecule has 0 bridgehead atoms. The van der Waals surface area contributed by atoms with Gasteiger partial charge in [-0.1, -0.05) is 0 Å². The van der Waals surface area contributed by atoms with Gasteiger partial charge in [-0.3, -0.25) is 9.48 Å². The summed E-state index contributed by atoms with van der Waals surface area (Å²) in [5.74, 6) is -1.60. The first-order valence-corrected chi connectivity index (χ1v) is 7.66. The fourth-order valence-electron chi connectivity index (χ4n) is 3.40. The molecule has 2 aliphatic rings. The lowest BCUT2D eigenvalue weighted by molar-refractivity contribution is -0.110. The molecule has 2 N–H and O–H groups in total. The molecule has 0 spiro atoms. The zero-order valence-corrected chi connectivity index (χ0v) is 12.7. The summed E-state index contributed by atoms with van der Waals surface area (Å²) in [4.78, 5) is 12.2. The molecule has 23 heavy (non-hydrogen) atoms. The van der Waals surface area contributed by atoms with Crippen molar-refractivity contribution in [3.8, 4) is 5.75 Å².